The molecule has 5 aromatic rings. The maximum Gasteiger partial charge on any atom is 0.139 e. The van der Waals surface area contributed by atoms with E-state index in [0.29, 0.717) is 5.76 Å². The Hall–Kier alpha value is -5.06. The number of benzene rings is 4. The molecule has 176 valence electrons. The summed E-state index contributed by atoms with van der Waals surface area (Å²) in [6.07, 6.45) is 1.50. The number of furan rings is 1. The molecule has 0 N–H and O–H groups in total. The number of allylic oxidation sites excluding steroid dienone is 1. The second-order valence-electron chi connectivity index (χ2n) is 9.73. The van der Waals surface area contributed by atoms with E-state index in [4.69, 9.17) is 14.9 Å². The second-order valence-corrected chi connectivity index (χ2v) is 9.73. The lowest BCUT2D eigenvalue weighted by atomic mass is 9.82. The highest BCUT2D eigenvalue weighted by atomic mass is 16.3. The fraction of sp³-hybridized carbons (Fsp3) is 0.0909. The minimum Gasteiger partial charge on any atom is -0.456 e. The molecule has 1 aliphatic carbocycles. The number of anilines is 3. The zero-order valence-electron chi connectivity index (χ0n) is 20.6. The van der Waals surface area contributed by atoms with E-state index >= 15 is 0 Å². The third-order valence-corrected chi connectivity index (χ3v) is 7.14. The first-order valence-corrected chi connectivity index (χ1v) is 12.1. The van der Waals surface area contributed by atoms with E-state index in [0.717, 1.165) is 33.9 Å². The van der Waals surface area contributed by atoms with Gasteiger partial charge in [0.05, 0.1) is 0 Å². The van der Waals surface area contributed by atoms with Gasteiger partial charge in [-0.25, -0.2) is 0 Å². The van der Waals surface area contributed by atoms with Crippen LogP contribution in [0.15, 0.2) is 107 Å². The molecule has 0 bridgehead atoms. The van der Waals surface area contributed by atoms with Crippen LogP contribution < -0.4 is 4.90 Å². The Kier molecular flexibility index (Phi) is 5.18. The molecule has 1 heterocycles. The summed E-state index contributed by atoms with van der Waals surface area (Å²) in [5, 5.41) is 20.7. The van der Waals surface area contributed by atoms with E-state index in [2.05, 4.69) is 104 Å². The number of rotatable bonds is 4. The summed E-state index contributed by atoms with van der Waals surface area (Å²) in [7, 11) is 0. The van der Waals surface area contributed by atoms with Crippen LogP contribution in [-0.4, -0.2) is 0 Å². The van der Waals surface area contributed by atoms with Crippen LogP contribution in [0.3, 0.4) is 0 Å². The van der Waals surface area contributed by atoms with E-state index in [1.807, 2.05) is 24.3 Å². The Morgan fingerprint density at radius 3 is 2.16 bits per heavy atom. The van der Waals surface area contributed by atoms with Gasteiger partial charge in [0.1, 0.15) is 29.2 Å². The Morgan fingerprint density at radius 1 is 0.730 bits per heavy atom. The molecule has 1 aromatic heterocycles. The quantitative estimate of drug-likeness (QED) is 0.243. The molecule has 0 saturated heterocycles. The maximum atomic E-state index is 9.14. The van der Waals surface area contributed by atoms with Gasteiger partial charge in [-0.2, -0.15) is 10.5 Å². The summed E-state index contributed by atoms with van der Waals surface area (Å²) < 4.78 is 6.15. The van der Waals surface area contributed by atoms with Crippen LogP contribution in [0, 0.1) is 22.7 Å². The second kappa shape index (κ2) is 8.55. The van der Waals surface area contributed by atoms with Crippen molar-refractivity contribution >= 4 is 33.9 Å². The molecule has 0 saturated carbocycles. The van der Waals surface area contributed by atoms with Crippen molar-refractivity contribution in [2.75, 3.05) is 4.90 Å². The Balaban J connectivity index is 1.49. The molecule has 4 aromatic carbocycles. The van der Waals surface area contributed by atoms with Gasteiger partial charge in [-0.1, -0.05) is 62.4 Å². The first-order chi connectivity index (χ1) is 18.0. The number of nitrogens with zero attached hydrogens (tertiary/aromatic N) is 3. The highest BCUT2D eigenvalue weighted by molar-refractivity contribution is 5.90. The van der Waals surface area contributed by atoms with Crippen LogP contribution in [0.5, 0.6) is 0 Å². The fourth-order valence-corrected chi connectivity index (χ4v) is 5.25. The lowest BCUT2D eigenvalue weighted by Crippen LogP contribution is -2.16. The molecular formula is C33H23N3O. The van der Waals surface area contributed by atoms with Gasteiger partial charge in [0.25, 0.3) is 0 Å². The van der Waals surface area contributed by atoms with Crippen LogP contribution in [0.25, 0.3) is 28.2 Å². The predicted octanol–water partition coefficient (Wildman–Crippen LogP) is 8.64. The van der Waals surface area contributed by atoms with Crippen molar-refractivity contribution in [2.24, 2.45) is 0 Å². The molecule has 6 rings (SSSR count). The average Bonchev–Trinajstić information content (AvgIpc) is 3.44. The van der Waals surface area contributed by atoms with Crippen LogP contribution in [0.1, 0.15) is 30.7 Å². The van der Waals surface area contributed by atoms with Crippen molar-refractivity contribution < 1.29 is 4.42 Å². The van der Waals surface area contributed by atoms with Crippen molar-refractivity contribution in [1.29, 1.82) is 10.5 Å². The zero-order chi connectivity index (χ0) is 25.6. The van der Waals surface area contributed by atoms with E-state index in [1.54, 1.807) is 0 Å². The van der Waals surface area contributed by atoms with Crippen LogP contribution in [0.4, 0.5) is 17.1 Å². The average molecular weight is 478 g/mol. The molecule has 4 heteroatoms. The molecule has 0 atom stereocenters. The van der Waals surface area contributed by atoms with Gasteiger partial charge in [0, 0.05) is 39.7 Å². The zero-order valence-corrected chi connectivity index (χ0v) is 20.6. The Labute approximate surface area is 215 Å². The molecule has 1 aliphatic rings. The first-order valence-electron chi connectivity index (χ1n) is 12.1. The Morgan fingerprint density at radius 2 is 1.41 bits per heavy atom. The van der Waals surface area contributed by atoms with Crippen LogP contribution >= 0.6 is 0 Å². The molecular weight excluding hydrogens is 454 g/mol. The molecule has 0 spiro atoms. The maximum absolute atomic E-state index is 9.14. The largest absolute Gasteiger partial charge is 0.456 e. The first kappa shape index (κ1) is 22.4. The summed E-state index contributed by atoms with van der Waals surface area (Å²) >= 11 is 0. The topological polar surface area (TPSA) is 64.0 Å². The molecule has 0 amide bonds. The number of nitriles is 2. The number of para-hydroxylation sites is 1. The molecule has 4 nitrogen and oxygen atoms in total. The number of hydrogen-bond donors (Lipinski definition) is 0. The van der Waals surface area contributed by atoms with Crippen LogP contribution in [0.2, 0.25) is 0 Å². The summed E-state index contributed by atoms with van der Waals surface area (Å²) in [4.78, 5) is 2.28. The monoisotopic (exact) mass is 477 g/mol. The standard InChI is InChI=1S/C33H23N3O/c1-33(2)30-18-27(14-15-29(30)32-31(33)19-28(37-32)16-22(20-34)21-35)36(25-10-4-3-5-11-25)26-13-12-23-8-6-7-9-24(23)17-26/h3-19H,1-2H3. The summed E-state index contributed by atoms with van der Waals surface area (Å²) in [6, 6.07) is 37.6. The normalized spacial score (nSPS) is 12.8. The summed E-state index contributed by atoms with van der Waals surface area (Å²) in [6.45, 7) is 4.37. The summed E-state index contributed by atoms with van der Waals surface area (Å²) in [5.41, 5.74) is 6.22. The predicted molar refractivity (Wildman–Crippen MR) is 148 cm³/mol. The molecule has 37 heavy (non-hydrogen) atoms. The van der Waals surface area contributed by atoms with E-state index in [1.165, 1.54) is 22.4 Å². The SMILES string of the molecule is CC1(C)c2cc(N(c3ccccc3)c3ccc4ccccc4c3)ccc2-c2oc(C=C(C#N)C#N)cc21. The van der Waals surface area contributed by atoms with Crippen molar-refractivity contribution in [3.05, 3.63) is 120 Å². The van der Waals surface area contributed by atoms with Gasteiger partial charge in [-0.05, 0) is 64.9 Å². The van der Waals surface area contributed by atoms with Gasteiger partial charge in [-0.15, -0.1) is 0 Å². The van der Waals surface area contributed by atoms with Crippen molar-refractivity contribution in [1.82, 2.24) is 0 Å². The molecule has 0 radical (unpaired) electrons. The lowest BCUT2D eigenvalue weighted by molar-refractivity contribution is 0.569. The van der Waals surface area contributed by atoms with Gasteiger partial charge in [0.15, 0.2) is 0 Å². The van der Waals surface area contributed by atoms with E-state index in [9.17, 15) is 0 Å². The number of fused-ring (bicyclic) bond motifs is 4. The van der Waals surface area contributed by atoms with Crippen molar-refractivity contribution in [3.63, 3.8) is 0 Å². The molecule has 0 aliphatic heterocycles. The highest BCUT2D eigenvalue weighted by Gasteiger charge is 2.39. The minimum absolute atomic E-state index is 0.0229. The third-order valence-electron chi connectivity index (χ3n) is 7.14. The molecule has 0 unspecified atom stereocenters. The van der Waals surface area contributed by atoms with Crippen LogP contribution in [-0.2, 0) is 5.41 Å². The highest BCUT2D eigenvalue weighted by Crippen LogP contribution is 2.52. The Bertz CT molecular complexity index is 1760. The van der Waals surface area contributed by atoms with Gasteiger partial charge < -0.3 is 9.32 Å². The third kappa shape index (κ3) is 3.68. The minimum atomic E-state index is -0.304. The van der Waals surface area contributed by atoms with Gasteiger partial charge in [-0.3, -0.25) is 0 Å². The summed E-state index contributed by atoms with van der Waals surface area (Å²) in [5.74, 6) is 1.32. The number of hydrogen-bond acceptors (Lipinski definition) is 4. The fourth-order valence-electron chi connectivity index (χ4n) is 5.25. The van der Waals surface area contributed by atoms with E-state index in [-0.39, 0.29) is 11.0 Å². The smallest absolute Gasteiger partial charge is 0.139 e. The van der Waals surface area contributed by atoms with Crippen molar-refractivity contribution in [3.8, 4) is 23.5 Å². The lowest BCUT2D eigenvalue weighted by Gasteiger charge is -2.28. The molecule has 0 fully saturated rings. The van der Waals surface area contributed by atoms with E-state index < -0.39 is 0 Å². The van der Waals surface area contributed by atoms with Crippen molar-refractivity contribution in [2.45, 2.75) is 19.3 Å². The van der Waals surface area contributed by atoms with Gasteiger partial charge >= 0.3 is 0 Å². The van der Waals surface area contributed by atoms with Gasteiger partial charge in [0.2, 0.25) is 0 Å².